The number of carbonyl (C=O) groups is 1. The highest BCUT2D eigenvalue weighted by Crippen LogP contribution is 2.26. The maximum Gasteiger partial charge on any atom is 0.307 e. The van der Waals surface area contributed by atoms with Gasteiger partial charge in [0.1, 0.15) is 5.76 Å². The fourth-order valence-corrected chi connectivity index (χ4v) is 2.24. The molecular weight excluding hydrogens is 336 g/mol. The first kappa shape index (κ1) is 17.3. The molecular formula is C18H18N4O4. The van der Waals surface area contributed by atoms with Crippen molar-refractivity contribution in [1.82, 2.24) is 15.2 Å². The number of nitrogens with one attached hydrogen (secondary N) is 1. The predicted octanol–water partition coefficient (Wildman–Crippen LogP) is 2.39. The zero-order valence-corrected chi connectivity index (χ0v) is 14.1. The molecule has 0 saturated heterocycles. The van der Waals surface area contributed by atoms with Gasteiger partial charge in [-0.05, 0) is 48.9 Å². The van der Waals surface area contributed by atoms with Crippen molar-refractivity contribution < 1.29 is 19.1 Å². The lowest BCUT2D eigenvalue weighted by Gasteiger charge is -2.05. The molecule has 1 amide bonds. The maximum atomic E-state index is 12.1. The summed E-state index contributed by atoms with van der Waals surface area (Å²) in [7, 11) is 0. The molecule has 2 aromatic heterocycles. The van der Waals surface area contributed by atoms with E-state index in [9.17, 15) is 9.90 Å². The zero-order chi connectivity index (χ0) is 18.4. The van der Waals surface area contributed by atoms with Gasteiger partial charge < -0.3 is 14.3 Å². The van der Waals surface area contributed by atoms with Crippen molar-refractivity contribution in [3.63, 3.8) is 0 Å². The average molecular weight is 354 g/mol. The summed E-state index contributed by atoms with van der Waals surface area (Å²) in [6, 6.07) is 9.89. The van der Waals surface area contributed by atoms with Gasteiger partial charge in [0.25, 0.3) is 0 Å². The van der Waals surface area contributed by atoms with E-state index in [2.05, 4.69) is 15.6 Å². The average Bonchev–Trinajstić information content (AvgIpc) is 3.30. The molecule has 0 bridgehead atoms. The third kappa shape index (κ3) is 4.29. The molecule has 0 spiro atoms. The van der Waals surface area contributed by atoms with Crippen LogP contribution in [-0.2, 0) is 6.54 Å². The number of amides is 1. The van der Waals surface area contributed by atoms with Gasteiger partial charge in [-0.15, -0.1) is 0 Å². The van der Waals surface area contributed by atoms with Gasteiger partial charge in [0.2, 0.25) is 0 Å². The second-order valence-corrected chi connectivity index (χ2v) is 5.33. The number of aromatic nitrogens is 2. The first-order chi connectivity index (χ1) is 12.7. The first-order valence-corrected chi connectivity index (χ1v) is 8.01. The molecule has 134 valence electrons. The Morgan fingerprint density at radius 2 is 2.31 bits per heavy atom. The standard InChI is InChI=1S/C18H18N4O4/c1-2-25-17-10-13(4-6-15(17)23)11-19-21-18(24)16-7-5-14(26-16)12-22-9-3-8-20-22/h3-11,23H,2,12H2,1H3,(H,21,24). The largest absolute Gasteiger partial charge is 0.504 e. The van der Waals surface area contributed by atoms with Gasteiger partial charge in [-0.1, -0.05) is 0 Å². The molecule has 3 rings (SSSR count). The minimum Gasteiger partial charge on any atom is -0.504 e. The fourth-order valence-electron chi connectivity index (χ4n) is 2.24. The van der Waals surface area contributed by atoms with Crippen LogP contribution in [0.1, 0.15) is 28.8 Å². The number of aromatic hydroxyl groups is 1. The Morgan fingerprint density at radius 3 is 3.08 bits per heavy atom. The summed E-state index contributed by atoms with van der Waals surface area (Å²) >= 11 is 0. The van der Waals surface area contributed by atoms with E-state index in [4.69, 9.17) is 9.15 Å². The Kier molecular flexibility index (Phi) is 5.33. The number of phenolic OH excluding ortho intramolecular Hbond substituents is 1. The van der Waals surface area contributed by atoms with Crippen LogP contribution in [-0.4, -0.2) is 33.6 Å². The monoisotopic (exact) mass is 354 g/mol. The Bertz CT molecular complexity index is 900. The summed E-state index contributed by atoms with van der Waals surface area (Å²) in [5.74, 6) is 0.718. The highest BCUT2D eigenvalue weighted by atomic mass is 16.5. The van der Waals surface area contributed by atoms with E-state index in [1.807, 2.05) is 13.0 Å². The van der Waals surface area contributed by atoms with E-state index < -0.39 is 5.91 Å². The van der Waals surface area contributed by atoms with E-state index in [-0.39, 0.29) is 11.5 Å². The molecule has 0 fully saturated rings. The van der Waals surface area contributed by atoms with E-state index in [1.54, 1.807) is 41.3 Å². The van der Waals surface area contributed by atoms with E-state index in [1.165, 1.54) is 12.3 Å². The molecule has 0 atom stereocenters. The number of ether oxygens (including phenoxy) is 1. The normalized spacial score (nSPS) is 11.0. The van der Waals surface area contributed by atoms with Crippen LogP contribution in [0.3, 0.4) is 0 Å². The molecule has 1 aromatic carbocycles. The summed E-state index contributed by atoms with van der Waals surface area (Å²) in [4.78, 5) is 12.1. The fraction of sp³-hybridized carbons (Fsp3) is 0.167. The molecule has 0 aliphatic rings. The molecule has 0 saturated carbocycles. The molecule has 2 heterocycles. The summed E-state index contributed by atoms with van der Waals surface area (Å²) in [5.41, 5.74) is 3.07. The quantitative estimate of drug-likeness (QED) is 0.501. The van der Waals surface area contributed by atoms with Gasteiger partial charge in [-0.3, -0.25) is 9.48 Å². The van der Waals surface area contributed by atoms with Crippen LogP contribution in [0.25, 0.3) is 0 Å². The minimum atomic E-state index is -0.461. The molecule has 2 N–H and O–H groups in total. The Labute approximate surface area is 149 Å². The Morgan fingerprint density at radius 1 is 1.42 bits per heavy atom. The molecule has 0 unspecified atom stereocenters. The number of furan rings is 1. The van der Waals surface area contributed by atoms with Gasteiger partial charge >= 0.3 is 5.91 Å². The van der Waals surface area contributed by atoms with Crippen molar-refractivity contribution in [2.24, 2.45) is 5.10 Å². The van der Waals surface area contributed by atoms with Crippen LogP contribution in [0, 0.1) is 0 Å². The van der Waals surface area contributed by atoms with Gasteiger partial charge in [0.05, 0.1) is 19.4 Å². The SMILES string of the molecule is CCOc1cc(C=NNC(=O)c2ccc(Cn3cccn3)o2)ccc1O. The topological polar surface area (TPSA) is 102 Å². The number of benzene rings is 1. The minimum absolute atomic E-state index is 0.0494. The van der Waals surface area contributed by atoms with Gasteiger partial charge in [0.15, 0.2) is 17.3 Å². The number of rotatable bonds is 7. The Balaban J connectivity index is 1.59. The summed E-state index contributed by atoms with van der Waals surface area (Å²) in [5, 5.41) is 17.6. The lowest BCUT2D eigenvalue weighted by atomic mass is 10.2. The number of carbonyl (C=O) groups excluding carboxylic acids is 1. The number of hydrogen-bond donors (Lipinski definition) is 2. The highest BCUT2D eigenvalue weighted by Gasteiger charge is 2.11. The molecule has 0 radical (unpaired) electrons. The highest BCUT2D eigenvalue weighted by molar-refractivity contribution is 5.92. The number of hydrazone groups is 1. The number of phenols is 1. The molecule has 8 heteroatoms. The van der Waals surface area contributed by atoms with Gasteiger partial charge in [-0.2, -0.15) is 10.2 Å². The second kappa shape index (κ2) is 8.02. The van der Waals surface area contributed by atoms with E-state index >= 15 is 0 Å². The van der Waals surface area contributed by atoms with Crippen molar-refractivity contribution >= 4 is 12.1 Å². The van der Waals surface area contributed by atoms with Crippen LogP contribution in [0.15, 0.2) is 58.3 Å². The second-order valence-electron chi connectivity index (χ2n) is 5.33. The van der Waals surface area contributed by atoms with E-state index in [0.717, 1.165) is 0 Å². The lowest BCUT2D eigenvalue weighted by Crippen LogP contribution is -2.16. The molecule has 3 aromatic rings. The Hall–Kier alpha value is -3.55. The van der Waals surface area contributed by atoms with Crippen molar-refractivity contribution in [3.8, 4) is 11.5 Å². The van der Waals surface area contributed by atoms with Crippen LogP contribution in [0.5, 0.6) is 11.5 Å². The van der Waals surface area contributed by atoms with Gasteiger partial charge in [0, 0.05) is 12.4 Å². The number of nitrogens with zero attached hydrogens (tertiary/aromatic N) is 3. The summed E-state index contributed by atoms with van der Waals surface area (Å²) < 4.78 is 12.5. The predicted molar refractivity (Wildman–Crippen MR) is 94.4 cm³/mol. The third-order valence-electron chi connectivity index (χ3n) is 3.43. The van der Waals surface area contributed by atoms with Crippen molar-refractivity contribution in [1.29, 1.82) is 0 Å². The smallest absolute Gasteiger partial charge is 0.307 e. The van der Waals surface area contributed by atoms with Crippen LogP contribution >= 0.6 is 0 Å². The lowest BCUT2D eigenvalue weighted by molar-refractivity contribution is 0.0925. The van der Waals surface area contributed by atoms with Gasteiger partial charge in [-0.25, -0.2) is 5.43 Å². The van der Waals surface area contributed by atoms with Crippen molar-refractivity contribution in [3.05, 3.63) is 65.9 Å². The molecule has 0 aliphatic carbocycles. The van der Waals surface area contributed by atoms with Crippen LogP contribution in [0.2, 0.25) is 0 Å². The third-order valence-corrected chi connectivity index (χ3v) is 3.43. The van der Waals surface area contributed by atoms with Crippen LogP contribution < -0.4 is 10.2 Å². The summed E-state index contributed by atoms with van der Waals surface area (Å²) in [6.45, 7) is 2.70. The maximum absolute atomic E-state index is 12.1. The molecule has 26 heavy (non-hydrogen) atoms. The first-order valence-electron chi connectivity index (χ1n) is 8.01. The van der Waals surface area contributed by atoms with Crippen molar-refractivity contribution in [2.75, 3.05) is 6.61 Å². The molecule has 8 nitrogen and oxygen atoms in total. The molecule has 0 aliphatic heterocycles. The zero-order valence-electron chi connectivity index (χ0n) is 14.1. The number of hydrogen-bond acceptors (Lipinski definition) is 6. The van der Waals surface area contributed by atoms with Crippen LogP contribution in [0.4, 0.5) is 0 Å². The van der Waals surface area contributed by atoms with Crippen molar-refractivity contribution in [2.45, 2.75) is 13.5 Å². The van der Waals surface area contributed by atoms with E-state index in [0.29, 0.717) is 30.2 Å². The summed E-state index contributed by atoms with van der Waals surface area (Å²) in [6.07, 6.45) is 4.93.